The van der Waals surface area contributed by atoms with E-state index >= 15 is 0 Å². The Morgan fingerprint density at radius 2 is 2.12 bits per heavy atom. The summed E-state index contributed by atoms with van der Waals surface area (Å²) in [6.45, 7) is 6.71. The Labute approximate surface area is 105 Å². The van der Waals surface area contributed by atoms with Gasteiger partial charge in [-0.25, -0.2) is 0 Å². The fourth-order valence-corrected chi connectivity index (χ4v) is 1.74. The van der Waals surface area contributed by atoms with E-state index in [9.17, 15) is 0 Å². The fraction of sp³-hybridized carbons (Fsp3) is 0.643. The SMILES string of the molecule is CCCNCCCN(C)CCc1ccccn1. The maximum atomic E-state index is 4.33. The van der Waals surface area contributed by atoms with Gasteiger partial charge in [-0.2, -0.15) is 0 Å². The lowest BCUT2D eigenvalue weighted by Gasteiger charge is -2.16. The highest BCUT2D eigenvalue weighted by molar-refractivity contribution is 5.03. The molecule has 0 saturated heterocycles. The van der Waals surface area contributed by atoms with Crippen molar-refractivity contribution in [2.75, 3.05) is 33.2 Å². The molecule has 1 N–H and O–H groups in total. The molecule has 0 unspecified atom stereocenters. The van der Waals surface area contributed by atoms with Crippen molar-refractivity contribution in [3.05, 3.63) is 30.1 Å². The third kappa shape index (κ3) is 7.08. The van der Waals surface area contributed by atoms with Gasteiger partial charge >= 0.3 is 0 Å². The molecule has 3 nitrogen and oxygen atoms in total. The number of pyridine rings is 1. The summed E-state index contributed by atoms with van der Waals surface area (Å²) in [4.78, 5) is 6.71. The zero-order valence-corrected chi connectivity index (χ0v) is 11.2. The molecule has 0 aliphatic rings. The molecule has 3 heteroatoms. The summed E-state index contributed by atoms with van der Waals surface area (Å²) in [6, 6.07) is 6.11. The van der Waals surface area contributed by atoms with E-state index in [0.717, 1.165) is 32.6 Å². The van der Waals surface area contributed by atoms with Gasteiger partial charge in [-0.3, -0.25) is 4.98 Å². The van der Waals surface area contributed by atoms with E-state index in [1.54, 1.807) is 0 Å². The summed E-state index contributed by atoms with van der Waals surface area (Å²) in [6.07, 6.45) is 5.35. The van der Waals surface area contributed by atoms with Gasteiger partial charge in [0.1, 0.15) is 0 Å². The molecule has 1 aromatic heterocycles. The molecule has 17 heavy (non-hydrogen) atoms. The molecule has 0 aliphatic carbocycles. The first-order valence-corrected chi connectivity index (χ1v) is 6.62. The number of hydrogen-bond acceptors (Lipinski definition) is 3. The van der Waals surface area contributed by atoms with Crippen LogP contribution >= 0.6 is 0 Å². The van der Waals surface area contributed by atoms with Gasteiger partial charge in [0.15, 0.2) is 0 Å². The third-order valence-corrected chi connectivity index (χ3v) is 2.80. The van der Waals surface area contributed by atoms with Crippen molar-refractivity contribution in [3.8, 4) is 0 Å². The number of nitrogens with zero attached hydrogens (tertiary/aromatic N) is 2. The average Bonchev–Trinajstić information content (AvgIpc) is 2.37. The van der Waals surface area contributed by atoms with Crippen LogP contribution in [-0.4, -0.2) is 43.1 Å². The van der Waals surface area contributed by atoms with Crippen molar-refractivity contribution in [1.29, 1.82) is 0 Å². The molecule has 96 valence electrons. The Balaban J connectivity index is 2.03. The summed E-state index contributed by atoms with van der Waals surface area (Å²) in [7, 11) is 2.18. The van der Waals surface area contributed by atoms with Crippen LogP contribution in [0.5, 0.6) is 0 Å². The first kappa shape index (κ1) is 14.1. The summed E-state index contributed by atoms with van der Waals surface area (Å²) < 4.78 is 0. The van der Waals surface area contributed by atoms with Crippen molar-refractivity contribution in [2.24, 2.45) is 0 Å². The summed E-state index contributed by atoms with van der Waals surface area (Å²) in [5.41, 5.74) is 1.18. The number of rotatable bonds is 9. The van der Waals surface area contributed by atoms with Gasteiger partial charge in [0.2, 0.25) is 0 Å². The number of nitrogens with one attached hydrogen (secondary N) is 1. The van der Waals surface area contributed by atoms with Gasteiger partial charge in [-0.15, -0.1) is 0 Å². The molecule has 1 aromatic rings. The number of aromatic nitrogens is 1. The molecule has 1 rings (SSSR count). The highest BCUT2D eigenvalue weighted by Gasteiger charge is 1.99. The molecule has 0 bridgehead atoms. The van der Waals surface area contributed by atoms with Crippen molar-refractivity contribution in [2.45, 2.75) is 26.2 Å². The molecule has 0 radical (unpaired) electrons. The van der Waals surface area contributed by atoms with Gasteiger partial charge in [0.05, 0.1) is 0 Å². The zero-order valence-electron chi connectivity index (χ0n) is 11.2. The number of hydrogen-bond donors (Lipinski definition) is 1. The lowest BCUT2D eigenvalue weighted by Crippen LogP contribution is -2.26. The van der Waals surface area contributed by atoms with Crippen molar-refractivity contribution < 1.29 is 0 Å². The zero-order chi connectivity index (χ0) is 12.3. The van der Waals surface area contributed by atoms with Crippen LogP contribution in [0, 0.1) is 0 Å². The fourth-order valence-electron chi connectivity index (χ4n) is 1.74. The van der Waals surface area contributed by atoms with E-state index in [0.29, 0.717) is 0 Å². The molecule has 0 aliphatic heterocycles. The highest BCUT2D eigenvalue weighted by Crippen LogP contribution is 1.96. The van der Waals surface area contributed by atoms with Crippen molar-refractivity contribution >= 4 is 0 Å². The summed E-state index contributed by atoms with van der Waals surface area (Å²) in [5.74, 6) is 0. The van der Waals surface area contributed by atoms with Crippen LogP contribution in [0.2, 0.25) is 0 Å². The second kappa shape index (κ2) is 9.14. The molecule has 0 saturated carbocycles. The first-order chi connectivity index (χ1) is 8.33. The number of likely N-dealkylation sites (N-methyl/N-ethyl adjacent to an activating group) is 1. The van der Waals surface area contributed by atoms with E-state index in [-0.39, 0.29) is 0 Å². The van der Waals surface area contributed by atoms with Crippen LogP contribution in [0.25, 0.3) is 0 Å². The second-order valence-electron chi connectivity index (χ2n) is 4.48. The molecule has 0 amide bonds. The van der Waals surface area contributed by atoms with Crippen molar-refractivity contribution in [1.82, 2.24) is 15.2 Å². The van der Waals surface area contributed by atoms with E-state index in [1.165, 1.54) is 18.5 Å². The smallest absolute Gasteiger partial charge is 0.0416 e. The second-order valence-corrected chi connectivity index (χ2v) is 4.48. The predicted octanol–water partition coefficient (Wildman–Crippen LogP) is 1.95. The molecule has 0 spiro atoms. The lowest BCUT2D eigenvalue weighted by atomic mass is 10.2. The monoisotopic (exact) mass is 235 g/mol. The van der Waals surface area contributed by atoms with E-state index < -0.39 is 0 Å². The van der Waals surface area contributed by atoms with E-state index in [2.05, 4.69) is 41.3 Å². The Morgan fingerprint density at radius 1 is 1.24 bits per heavy atom. The molecule has 0 atom stereocenters. The standard InChI is InChI=1S/C14H25N3/c1-3-9-15-10-6-12-17(2)13-8-14-7-4-5-11-16-14/h4-5,7,11,15H,3,6,8-10,12-13H2,1-2H3. The van der Waals surface area contributed by atoms with Gasteiger partial charge < -0.3 is 10.2 Å². The molecular weight excluding hydrogens is 210 g/mol. The van der Waals surface area contributed by atoms with Crippen LogP contribution in [0.3, 0.4) is 0 Å². The molecule has 1 heterocycles. The Bertz CT molecular complexity index is 274. The van der Waals surface area contributed by atoms with Gasteiger partial charge in [0.25, 0.3) is 0 Å². The average molecular weight is 235 g/mol. The molecule has 0 aromatic carbocycles. The van der Waals surface area contributed by atoms with Crippen molar-refractivity contribution in [3.63, 3.8) is 0 Å². The maximum Gasteiger partial charge on any atom is 0.0416 e. The minimum absolute atomic E-state index is 1.04. The third-order valence-electron chi connectivity index (χ3n) is 2.80. The minimum Gasteiger partial charge on any atom is -0.317 e. The summed E-state index contributed by atoms with van der Waals surface area (Å²) >= 11 is 0. The van der Waals surface area contributed by atoms with Gasteiger partial charge in [0, 0.05) is 24.9 Å². The maximum absolute atomic E-state index is 4.33. The lowest BCUT2D eigenvalue weighted by molar-refractivity contribution is 0.330. The van der Waals surface area contributed by atoms with Gasteiger partial charge in [-0.05, 0) is 51.7 Å². The molecular formula is C14H25N3. The van der Waals surface area contributed by atoms with Gasteiger partial charge in [-0.1, -0.05) is 13.0 Å². The van der Waals surface area contributed by atoms with Crippen LogP contribution in [0.1, 0.15) is 25.5 Å². The minimum atomic E-state index is 1.04. The Hall–Kier alpha value is -0.930. The highest BCUT2D eigenvalue weighted by atomic mass is 15.1. The first-order valence-electron chi connectivity index (χ1n) is 6.62. The van der Waals surface area contributed by atoms with Crippen LogP contribution in [0.15, 0.2) is 24.4 Å². The topological polar surface area (TPSA) is 28.2 Å². The predicted molar refractivity (Wildman–Crippen MR) is 73.2 cm³/mol. The van der Waals surface area contributed by atoms with Crippen LogP contribution in [0.4, 0.5) is 0 Å². The quantitative estimate of drug-likeness (QED) is 0.663. The van der Waals surface area contributed by atoms with E-state index in [4.69, 9.17) is 0 Å². The Morgan fingerprint density at radius 3 is 2.82 bits per heavy atom. The van der Waals surface area contributed by atoms with Crippen LogP contribution in [-0.2, 0) is 6.42 Å². The largest absolute Gasteiger partial charge is 0.317 e. The molecule has 0 fully saturated rings. The van der Waals surface area contributed by atoms with E-state index in [1.807, 2.05) is 12.3 Å². The summed E-state index contributed by atoms with van der Waals surface area (Å²) in [5, 5.41) is 3.43. The normalized spacial score (nSPS) is 11.0. The van der Waals surface area contributed by atoms with Crippen LogP contribution < -0.4 is 5.32 Å². The Kier molecular flexibility index (Phi) is 7.60.